The summed E-state index contributed by atoms with van der Waals surface area (Å²) in [6.07, 6.45) is 3.15. The molecular formula is C30H32N2O6. The number of amides is 1. The van der Waals surface area contributed by atoms with Gasteiger partial charge in [0.05, 0.1) is 39.0 Å². The topological polar surface area (TPSA) is 110 Å². The number of aromatic nitrogens is 1. The average molecular weight is 517 g/mol. The van der Waals surface area contributed by atoms with E-state index < -0.39 is 12.0 Å². The Morgan fingerprint density at radius 3 is 2.47 bits per heavy atom. The Bertz CT molecular complexity index is 1430. The smallest absolute Gasteiger partial charge is 0.341 e. The van der Waals surface area contributed by atoms with E-state index in [0.29, 0.717) is 35.7 Å². The Balaban J connectivity index is 1.63. The zero-order valence-corrected chi connectivity index (χ0v) is 21.7. The predicted molar refractivity (Wildman–Crippen MR) is 146 cm³/mol. The van der Waals surface area contributed by atoms with Crippen molar-refractivity contribution < 1.29 is 28.9 Å². The number of esters is 1. The molecule has 0 fully saturated rings. The Morgan fingerprint density at radius 1 is 0.974 bits per heavy atom. The minimum absolute atomic E-state index is 0.220. The molecule has 1 amide bonds. The molecular weight excluding hydrogens is 484 g/mol. The van der Waals surface area contributed by atoms with Gasteiger partial charge < -0.3 is 29.6 Å². The fourth-order valence-corrected chi connectivity index (χ4v) is 4.36. The SMILES string of the molecule is CCCOc1ccc(-c2ccc(C(=O)OC)c(OC)c2)cc1C(=O)NC(CO)Cc1c[nH]c2ccccc12. The lowest BCUT2D eigenvalue weighted by Gasteiger charge is -2.18. The average Bonchev–Trinajstić information content (AvgIpc) is 3.37. The summed E-state index contributed by atoms with van der Waals surface area (Å²) in [4.78, 5) is 28.8. The van der Waals surface area contributed by atoms with E-state index in [0.717, 1.165) is 34.0 Å². The number of rotatable bonds is 11. The third-order valence-corrected chi connectivity index (χ3v) is 6.32. The molecule has 0 aliphatic heterocycles. The maximum Gasteiger partial charge on any atom is 0.341 e. The molecule has 3 aromatic carbocycles. The fraction of sp³-hybridized carbons (Fsp3) is 0.267. The van der Waals surface area contributed by atoms with Crippen molar-refractivity contribution in [3.63, 3.8) is 0 Å². The third kappa shape index (κ3) is 5.81. The summed E-state index contributed by atoms with van der Waals surface area (Å²) in [6, 6.07) is 17.9. The molecule has 8 heteroatoms. The van der Waals surface area contributed by atoms with Crippen molar-refractivity contribution in [3.05, 3.63) is 83.6 Å². The van der Waals surface area contributed by atoms with Gasteiger partial charge in [0, 0.05) is 17.1 Å². The molecule has 3 N–H and O–H groups in total. The van der Waals surface area contributed by atoms with Gasteiger partial charge in [-0.2, -0.15) is 0 Å². The van der Waals surface area contributed by atoms with Crippen LogP contribution < -0.4 is 14.8 Å². The lowest BCUT2D eigenvalue weighted by Crippen LogP contribution is -2.39. The molecule has 0 saturated carbocycles. The van der Waals surface area contributed by atoms with E-state index in [4.69, 9.17) is 14.2 Å². The lowest BCUT2D eigenvalue weighted by molar-refractivity contribution is 0.0597. The Morgan fingerprint density at radius 2 is 1.74 bits per heavy atom. The van der Waals surface area contributed by atoms with Crippen LogP contribution in [0.15, 0.2) is 66.9 Å². The molecule has 1 heterocycles. The van der Waals surface area contributed by atoms with E-state index in [1.54, 1.807) is 30.3 Å². The highest BCUT2D eigenvalue weighted by molar-refractivity contribution is 5.99. The van der Waals surface area contributed by atoms with Gasteiger partial charge in [-0.05, 0) is 59.9 Å². The van der Waals surface area contributed by atoms with Gasteiger partial charge in [-0.25, -0.2) is 4.79 Å². The van der Waals surface area contributed by atoms with Crippen molar-refractivity contribution in [1.82, 2.24) is 10.3 Å². The molecule has 1 unspecified atom stereocenters. The number of aliphatic hydroxyl groups excluding tert-OH is 1. The van der Waals surface area contributed by atoms with E-state index >= 15 is 0 Å². The Hall–Kier alpha value is -4.30. The number of carbonyl (C=O) groups excluding carboxylic acids is 2. The molecule has 0 spiro atoms. The van der Waals surface area contributed by atoms with E-state index in [1.807, 2.05) is 43.5 Å². The van der Waals surface area contributed by atoms with Gasteiger partial charge in [0.15, 0.2) is 0 Å². The summed E-state index contributed by atoms with van der Waals surface area (Å²) in [6.45, 7) is 2.23. The van der Waals surface area contributed by atoms with Gasteiger partial charge in [-0.15, -0.1) is 0 Å². The highest BCUT2D eigenvalue weighted by atomic mass is 16.5. The van der Waals surface area contributed by atoms with Crippen LogP contribution >= 0.6 is 0 Å². The summed E-state index contributed by atoms with van der Waals surface area (Å²) < 4.78 is 16.1. The molecule has 0 bridgehead atoms. The maximum atomic E-state index is 13.5. The second-order valence-corrected chi connectivity index (χ2v) is 8.88. The molecule has 1 aromatic heterocycles. The van der Waals surface area contributed by atoms with E-state index in [9.17, 15) is 14.7 Å². The molecule has 4 rings (SSSR count). The first kappa shape index (κ1) is 26.8. The summed E-state index contributed by atoms with van der Waals surface area (Å²) >= 11 is 0. The normalized spacial score (nSPS) is 11.7. The second kappa shape index (κ2) is 12.3. The maximum absolute atomic E-state index is 13.5. The van der Waals surface area contributed by atoms with Crippen LogP contribution in [0.1, 0.15) is 39.6 Å². The van der Waals surface area contributed by atoms with E-state index in [1.165, 1.54) is 14.2 Å². The third-order valence-electron chi connectivity index (χ3n) is 6.32. The first-order chi connectivity index (χ1) is 18.5. The molecule has 198 valence electrons. The van der Waals surface area contributed by atoms with Crippen LogP contribution in [0.4, 0.5) is 0 Å². The molecule has 38 heavy (non-hydrogen) atoms. The number of hydrogen-bond donors (Lipinski definition) is 3. The van der Waals surface area contributed by atoms with Crippen LogP contribution in [-0.2, 0) is 11.2 Å². The monoisotopic (exact) mass is 516 g/mol. The number of para-hydroxylation sites is 1. The summed E-state index contributed by atoms with van der Waals surface area (Å²) in [5.41, 5.74) is 4.16. The van der Waals surface area contributed by atoms with Gasteiger partial charge >= 0.3 is 5.97 Å². The molecule has 8 nitrogen and oxygen atoms in total. The van der Waals surface area contributed by atoms with Gasteiger partial charge in [0.1, 0.15) is 17.1 Å². The molecule has 0 saturated heterocycles. The van der Waals surface area contributed by atoms with Gasteiger partial charge in [0.25, 0.3) is 5.91 Å². The number of H-pyrrole nitrogens is 1. The quantitative estimate of drug-likeness (QED) is 0.248. The molecule has 0 aliphatic carbocycles. The van der Waals surface area contributed by atoms with Crippen molar-refractivity contribution in [2.45, 2.75) is 25.8 Å². The fourth-order valence-electron chi connectivity index (χ4n) is 4.36. The first-order valence-electron chi connectivity index (χ1n) is 12.5. The van der Waals surface area contributed by atoms with Gasteiger partial charge in [-0.3, -0.25) is 4.79 Å². The van der Waals surface area contributed by atoms with Gasteiger partial charge in [0.2, 0.25) is 0 Å². The van der Waals surface area contributed by atoms with Crippen molar-refractivity contribution >= 4 is 22.8 Å². The van der Waals surface area contributed by atoms with Crippen LogP contribution in [-0.4, -0.2) is 55.4 Å². The van der Waals surface area contributed by atoms with Crippen molar-refractivity contribution in [2.75, 3.05) is 27.4 Å². The van der Waals surface area contributed by atoms with E-state index in [-0.39, 0.29) is 12.5 Å². The molecule has 0 aliphatic rings. The van der Waals surface area contributed by atoms with Crippen molar-refractivity contribution in [2.24, 2.45) is 0 Å². The lowest BCUT2D eigenvalue weighted by atomic mass is 9.99. The first-order valence-corrected chi connectivity index (χ1v) is 12.5. The van der Waals surface area contributed by atoms with Crippen LogP contribution in [0.5, 0.6) is 11.5 Å². The summed E-state index contributed by atoms with van der Waals surface area (Å²) in [7, 11) is 2.79. The minimum Gasteiger partial charge on any atom is -0.496 e. The number of nitrogens with one attached hydrogen (secondary N) is 2. The number of aromatic amines is 1. The van der Waals surface area contributed by atoms with Gasteiger partial charge in [-0.1, -0.05) is 37.3 Å². The highest BCUT2D eigenvalue weighted by Crippen LogP contribution is 2.31. The predicted octanol–water partition coefficient (Wildman–Crippen LogP) is 4.75. The summed E-state index contributed by atoms with van der Waals surface area (Å²) in [5, 5.41) is 14.1. The number of fused-ring (bicyclic) bond motifs is 1. The standard InChI is InChI=1S/C30H32N2O6/c1-4-13-38-27-12-10-19(20-9-11-24(30(35)37-3)28(16-20)36-2)15-25(27)29(34)32-22(18-33)14-21-17-31-26-8-6-5-7-23(21)26/h5-12,15-17,22,31,33H,4,13-14,18H2,1-3H3,(H,32,34). The zero-order valence-electron chi connectivity index (χ0n) is 21.7. The van der Waals surface area contributed by atoms with E-state index in [2.05, 4.69) is 10.3 Å². The number of methoxy groups -OCH3 is 2. The van der Waals surface area contributed by atoms with Crippen LogP contribution in [0, 0.1) is 0 Å². The Kier molecular flexibility index (Phi) is 8.66. The van der Waals surface area contributed by atoms with Crippen LogP contribution in [0.25, 0.3) is 22.0 Å². The highest BCUT2D eigenvalue weighted by Gasteiger charge is 2.20. The zero-order chi connectivity index (χ0) is 27.1. The largest absolute Gasteiger partial charge is 0.496 e. The molecule has 0 radical (unpaired) electrons. The minimum atomic E-state index is -0.498. The van der Waals surface area contributed by atoms with Crippen molar-refractivity contribution in [1.29, 1.82) is 0 Å². The van der Waals surface area contributed by atoms with Crippen LogP contribution in [0.2, 0.25) is 0 Å². The van der Waals surface area contributed by atoms with Crippen LogP contribution in [0.3, 0.4) is 0 Å². The number of aliphatic hydroxyl groups is 1. The second-order valence-electron chi connectivity index (χ2n) is 8.88. The molecule has 4 aromatic rings. The summed E-state index contributed by atoms with van der Waals surface area (Å²) in [5.74, 6) is -0.0298. The number of carbonyl (C=O) groups is 2. The number of hydrogen-bond acceptors (Lipinski definition) is 6. The molecule has 1 atom stereocenters. The van der Waals surface area contributed by atoms with Crippen molar-refractivity contribution in [3.8, 4) is 22.6 Å². The number of benzene rings is 3. The Labute approximate surface area is 221 Å². The number of ether oxygens (including phenoxy) is 3.